The third kappa shape index (κ3) is 5.02. The van der Waals surface area contributed by atoms with Gasteiger partial charge in [-0.3, -0.25) is 4.90 Å². The number of pyridine rings is 1. The largest absolute Gasteiger partial charge is 0.495 e. The molecule has 3 aromatic heterocycles. The molecule has 4 aromatic rings. The van der Waals surface area contributed by atoms with Crippen molar-refractivity contribution in [1.82, 2.24) is 34.8 Å². The zero-order chi connectivity index (χ0) is 25.1. The summed E-state index contributed by atoms with van der Waals surface area (Å²) in [4.78, 5) is 9.55. The second kappa shape index (κ2) is 10.8. The van der Waals surface area contributed by atoms with Gasteiger partial charge < -0.3 is 20.3 Å². The molecule has 10 nitrogen and oxygen atoms in total. The van der Waals surface area contributed by atoms with Crippen LogP contribution in [0.5, 0.6) is 5.75 Å². The number of fused-ring (bicyclic) bond motifs is 3. The van der Waals surface area contributed by atoms with E-state index in [0.717, 1.165) is 79.0 Å². The van der Waals surface area contributed by atoms with E-state index in [1.807, 2.05) is 35.3 Å². The van der Waals surface area contributed by atoms with Gasteiger partial charge in [0.05, 0.1) is 23.7 Å². The fraction of sp³-hybridized carbons (Fsp3) is 0.440. The second-order valence-electron chi connectivity index (χ2n) is 9.04. The molecule has 0 bridgehead atoms. The van der Waals surface area contributed by atoms with Crippen LogP contribution < -0.4 is 15.4 Å². The Balaban J connectivity index is 1.42. The molecule has 1 saturated heterocycles. The zero-order valence-corrected chi connectivity index (χ0v) is 21.7. The van der Waals surface area contributed by atoms with Crippen molar-refractivity contribution in [2.75, 3.05) is 64.1 Å². The number of benzene rings is 1. The summed E-state index contributed by atoms with van der Waals surface area (Å²) in [7, 11) is 3.78. The molecule has 0 spiro atoms. The molecule has 1 aromatic carbocycles. The maximum Gasteiger partial charge on any atom is 0.158 e. The first kappa shape index (κ1) is 24.5. The van der Waals surface area contributed by atoms with Gasteiger partial charge in [-0.25, -0.2) is 9.67 Å². The molecule has 36 heavy (non-hydrogen) atoms. The van der Waals surface area contributed by atoms with Crippen LogP contribution in [0.4, 0.5) is 11.6 Å². The summed E-state index contributed by atoms with van der Waals surface area (Å²) in [5.74, 6) is 2.07. The Bertz CT molecular complexity index is 1350. The lowest BCUT2D eigenvalue weighted by Gasteiger charge is -2.32. The molecule has 4 heterocycles. The number of likely N-dealkylation sites (N-methyl/N-ethyl adjacent to an activating group) is 1. The summed E-state index contributed by atoms with van der Waals surface area (Å²) in [5, 5.41) is 24.0. The normalized spacial score (nSPS) is 15.0. The minimum Gasteiger partial charge on any atom is -0.495 e. The number of hydrogen-bond acceptors (Lipinski definition) is 9. The van der Waals surface area contributed by atoms with E-state index in [1.165, 1.54) is 0 Å². The van der Waals surface area contributed by atoms with Gasteiger partial charge in [0.15, 0.2) is 17.3 Å². The van der Waals surface area contributed by atoms with Gasteiger partial charge >= 0.3 is 0 Å². The monoisotopic (exact) mass is 509 g/mol. The van der Waals surface area contributed by atoms with Gasteiger partial charge in [-0.2, -0.15) is 5.10 Å². The van der Waals surface area contributed by atoms with Crippen LogP contribution in [0.15, 0.2) is 30.6 Å². The molecule has 11 heteroatoms. The lowest BCUT2D eigenvalue weighted by atomic mass is 10.1. The van der Waals surface area contributed by atoms with E-state index < -0.39 is 0 Å². The third-order valence-corrected chi connectivity index (χ3v) is 7.00. The van der Waals surface area contributed by atoms with Crippen LogP contribution in [0.3, 0.4) is 0 Å². The first-order chi connectivity index (χ1) is 17.6. The van der Waals surface area contributed by atoms with Gasteiger partial charge in [0.2, 0.25) is 0 Å². The molecule has 1 aliphatic heterocycles. The van der Waals surface area contributed by atoms with Crippen LogP contribution in [0.2, 0.25) is 5.02 Å². The SMILES string of the molecule is CCn1ncc2c3c(NCc4ccc(OC)c(Cl)c4)nnc(NCCN4CCN(C)CC4)c3cnc21. The van der Waals surface area contributed by atoms with E-state index in [2.05, 4.69) is 49.7 Å². The topological polar surface area (TPSA) is 96.3 Å². The molecule has 1 aliphatic rings. The fourth-order valence-corrected chi connectivity index (χ4v) is 4.84. The maximum atomic E-state index is 6.32. The average Bonchev–Trinajstić information content (AvgIpc) is 3.32. The summed E-state index contributed by atoms with van der Waals surface area (Å²) in [5.41, 5.74) is 1.84. The number of rotatable bonds is 9. The highest BCUT2D eigenvalue weighted by Gasteiger charge is 2.17. The Morgan fingerprint density at radius 3 is 2.58 bits per heavy atom. The van der Waals surface area contributed by atoms with Gasteiger partial charge in [-0.1, -0.05) is 17.7 Å². The Kier molecular flexibility index (Phi) is 7.35. The highest BCUT2D eigenvalue weighted by atomic mass is 35.5. The first-order valence-electron chi connectivity index (χ1n) is 12.3. The highest BCUT2D eigenvalue weighted by Crippen LogP contribution is 2.32. The van der Waals surface area contributed by atoms with E-state index in [1.54, 1.807) is 7.11 Å². The van der Waals surface area contributed by atoms with Gasteiger partial charge in [-0.05, 0) is 31.7 Å². The molecular formula is C25H32ClN9O. The first-order valence-corrected chi connectivity index (χ1v) is 12.7. The number of hydrogen-bond donors (Lipinski definition) is 2. The predicted octanol–water partition coefficient (Wildman–Crippen LogP) is 3.33. The molecule has 0 atom stereocenters. The van der Waals surface area contributed by atoms with Crippen molar-refractivity contribution < 1.29 is 4.74 Å². The Labute approximate surface area is 215 Å². The Morgan fingerprint density at radius 2 is 1.83 bits per heavy atom. The van der Waals surface area contributed by atoms with Crippen molar-refractivity contribution in [3.05, 3.63) is 41.2 Å². The van der Waals surface area contributed by atoms with Crippen LogP contribution in [-0.2, 0) is 13.1 Å². The van der Waals surface area contributed by atoms with Crippen molar-refractivity contribution in [1.29, 1.82) is 0 Å². The van der Waals surface area contributed by atoms with Crippen molar-refractivity contribution in [2.45, 2.75) is 20.0 Å². The molecule has 0 amide bonds. The number of piperazine rings is 1. The molecule has 5 rings (SSSR count). The summed E-state index contributed by atoms with van der Waals surface area (Å²) in [6, 6.07) is 5.74. The molecule has 0 saturated carbocycles. The van der Waals surface area contributed by atoms with Gasteiger partial charge in [0.25, 0.3) is 0 Å². The molecule has 0 radical (unpaired) electrons. The van der Waals surface area contributed by atoms with Crippen molar-refractivity contribution in [2.24, 2.45) is 0 Å². The minimum atomic E-state index is 0.537. The van der Waals surface area contributed by atoms with E-state index in [4.69, 9.17) is 21.3 Å². The van der Waals surface area contributed by atoms with E-state index in [0.29, 0.717) is 23.1 Å². The highest BCUT2D eigenvalue weighted by molar-refractivity contribution is 6.32. The second-order valence-corrected chi connectivity index (χ2v) is 9.44. The molecule has 0 aliphatic carbocycles. The maximum absolute atomic E-state index is 6.32. The van der Waals surface area contributed by atoms with Gasteiger partial charge in [0.1, 0.15) is 5.75 Å². The summed E-state index contributed by atoms with van der Waals surface area (Å²) in [6.07, 6.45) is 3.73. The molecule has 2 N–H and O–H groups in total. The molecule has 0 unspecified atom stereocenters. The van der Waals surface area contributed by atoms with Crippen molar-refractivity contribution >= 4 is 45.0 Å². The van der Waals surface area contributed by atoms with Crippen LogP contribution in [-0.4, -0.2) is 88.2 Å². The lowest BCUT2D eigenvalue weighted by Crippen LogP contribution is -2.45. The number of aryl methyl sites for hydroxylation is 1. The number of anilines is 2. The predicted molar refractivity (Wildman–Crippen MR) is 144 cm³/mol. The summed E-state index contributed by atoms with van der Waals surface area (Å²) in [6.45, 7) is 9.45. The third-order valence-electron chi connectivity index (χ3n) is 6.70. The van der Waals surface area contributed by atoms with Crippen molar-refractivity contribution in [3.8, 4) is 5.75 Å². The summed E-state index contributed by atoms with van der Waals surface area (Å²) < 4.78 is 7.16. The zero-order valence-electron chi connectivity index (χ0n) is 21.0. The molecule has 190 valence electrons. The van der Waals surface area contributed by atoms with Crippen LogP contribution in [0.25, 0.3) is 21.8 Å². The number of aromatic nitrogens is 5. The van der Waals surface area contributed by atoms with E-state index in [-0.39, 0.29) is 0 Å². The fourth-order valence-electron chi connectivity index (χ4n) is 4.56. The molecular weight excluding hydrogens is 478 g/mol. The number of methoxy groups -OCH3 is 1. The van der Waals surface area contributed by atoms with E-state index >= 15 is 0 Å². The number of nitrogens with zero attached hydrogens (tertiary/aromatic N) is 7. The smallest absolute Gasteiger partial charge is 0.158 e. The number of halogens is 1. The Hall–Kier alpha value is -3.21. The molecule has 1 fully saturated rings. The quantitative estimate of drug-likeness (QED) is 0.352. The standard InChI is InChI=1S/C25H32ClN9O/c1-4-35-25-19(16-30-35)22-18(15-29-25)23(27-7-8-34-11-9-33(2)10-12-34)31-32-24(22)28-14-17-5-6-21(36-3)20(26)13-17/h5-6,13,15-16H,4,7-12,14H2,1-3H3,(H,27,31)(H,28,32). The van der Waals surface area contributed by atoms with Gasteiger partial charge in [0, 0.05) is 69.3 Å². The minimum absolute atomic E-state index is 0.537. The summed E-state index contributed by atoms with van der Waals surface area (Å²) >= 11 is 6.32. The van der Waals surface area contributed by atoms with E-state index in [9.17, 15) is 0 Å². The Morgan fingerprint density at radius 1 is 1.03 bits per heavy atom. The van der Waals surface area contributed by atoms with Crippen molar-refractivity contribution in [3.63, 3.8) is 0 Å². The van der Waals surface area contributed by atoms with Gasteiger partial charge in [-0.15, -0.1) is 10.2 Å². The number of ether oxygens (including phenoxy) is 1. The van der Waals surface area contributed by atoms with Crippen LogP contribution >= 0.6 is 11.6 Å². The lowest BCUT2D eigenvalue weighted by molar-refractivity contribution is 0.158. The number of nitrogens with one attached hydrogen (secondary N) is 2. The average molecular weight is 510 g/mol. The van der Waals surface area contributed by atoms with Crippen LogP contribution in [0.1, 0.15) is 12.5 Å². The van der Waals surface area contributed by atoms with Crippen LogP contribution in [0, 0.1) is 0 Å².